The molecule has 0 saturated carbocycles. The first-order valence-corrected chi connectivity index (χ1v) is 7.33. The molecular weight excluding hydrogens is 253 g/mol. The van der Waals surface area contributed by atoms with Gasteiger partial charge in [0.05, 0.1) is 12.1 Å². The maximum Gasteiger partial charge on any atom is 0.123 e. The molecule has 2 atom stereocenters. The Labute approximate surface area is 122 Å². The van der Waals surface area contributed by atoms with Gasteiger partial charge >= 0.3 is 0 Å². The van der Waals surface area contributed by atoms with Crippen LogP contribution in [0.3, 0.4) is 0 Å². The van der Waals surface area contributed by atoms with Crippen molar-refractivity contribution in [1.29, 1.82) is 0 Å². The van der Waals surface area contributed by atoms with E-state index in [0.29, 0.717) is 0 Å². The van der Waals surface area contributed by atoms with E-state index in [1.165, 1.54) is 0 Å². The number of nitrogens with one attached hydrogen (secondary N) is 1. The molecule has 3 heteroatoms. The third-order valence-electron chi connectivity index (χ3n) is 3.45. The van der Waals surface area contributed by atoms with Crippen molar-refractivity contribution in [3.8, 4) is 0 Å². The van der Waals surface area contributed by atoms with Crippen LogP contribution < -0.4 is 5.32 Å². The van der Waals surface area contributed by atoms with Crippen molar-refractivity contribution in [3.05, 3.63) is 35.1 Å². The van der Waals surface area contributed by atoms with Crippen molar-refractivity contribution in [1.82, 2.24) is 5.32 Å². The highest BCUT2D eigenvalue weighted by Crippen LogP contribution is 2.33. The average Bonchev–Trinajstić information content (AvgIpc) is 2.31. The second-order valence-electron chi connectivity index (χ2n) is 6.52. The summed E-state index contributed by atoms with van der Waals surface area (Å²) in [5, 5.41) is 3.51. The third kappa shape index (κ3) is 4.57. The van der Waals surface area contributed by atoms with E-state index in [1.54, 1.807) is 19.2 Å². The van der Waals surface area contributed by atoms with E-state index in [1.807, 2.05) is 13.0 Å². The number of methoxy groups -OCH3 is 1. The van der Waals surface area contributed by atoms with Crippen LogP contribution in [-0.4, -0.2) is 19.8 Å². The van der Waals surface area contributed by atoms with Gasteiger partial charge < -0.3 is 10.1 Å². The SMILES string of the molecule is CCCNC(c1cc(C)cc(F)c1)C(OC)C(C)(C)C. The summed E-state index contributed by atoms with van der Waals surface area (Å²) in [6, 6.07) is 5.19. The van der Waals surface area contributed by atoms with Crippen molar-refractivity contribution >= 4 is 0 Å². The molecule has 2 unspecified atom stereocenters. The van der Waals surface area contributed by atoms with Crippen LogP contribution >= 0.6 is 0 Å². The number of hydrogen-bond donors (Lipinski definition) is 1. The van der Waals surface area contributed by atoms with Gasteiger partial charge in [-0.15, -0.1) is 0 Å². The zero-order chi connectivity index (χ0) is 15.3. The summed E-state index contributed by atoms with van der Waals surface area (Å²) in [6.07, 6.45) is 1.01. The summed E-state index contributed by atoms with van der Waals surface area (Å²) in [5.41, 5.74) is 1.87. The van der Waals surface area contributed by atoms with Crippen LogP contribution in [0.15, 0.2) is 18.2 Å². The maximum absolute atomic E-state index is 13.7. The Balaban J connectivity index is 3.16. The lowest BCUT2D eigenvalue weighted by Crippen LogP contribution is -2.41. The number of benzene rings is 1. The molecule has 0 aromatic heterocycles. The summed E-state index contributed by atoms with van der Waals surface area (Å²) < 4.78 is 19.4. The molecule has 0 aliphatic carbocycles. The molecule has 0 amide bonds. The average molecular weight is 281 g/mol. The van der Waals surface area contributed by atoms with Crippen LogP contribution in [0.5, 0.6) is 0 Å². The molecule has 0 aliphatic heterocycles. The minimum Gasteiger partial charge on any atom is -0.379 e. The van der Waals surface area contributed by atoms with Crippen LogP contribution in [0.1, 0.15) is 51.3 Å². The number of hydrogen-bond acceptors (Lipinski definition) is 2. The highest BCUT2D eigenvalue weighted by molar-refractivity contribution is 5.27. The molecular formula is C17H28FNO. The molecule has 1 aromatic carbocycles. The summed E-state index contributed by atoms with van der Waals surface area (Å²) in [4.78, 5) is 0. The van der Waals surface area contributed by atoms with E-state index in [4.69, 9.17) is 4.74 Å². The van der Waals surface area contributed by atoms with E-state index in [2.05, 4.69) is 33.0 Å². The van der Waals surface area contributed by atoms with E-state index in [9.17, 15) is 4.39 Å². The quantitative estimate of drug-likeness (QED) is 0.842. The summed E-state index contributed by atoms with van der Waals surface area (Å²) in [7, 11) is 1.72. The first-order valence-electron chi connectivity index (χ1n) is 7.33. The smallest absolute Gasteiger partial charge is 0.123 e. The number of rotatable bonds is 6. The Kier molecular flexibility index (Phi) is 6.15. The van der Waals surface area contributed by atoms with E-state index < -0.39 is 0 Å². The molecule has 0 bridgehead atoms. The number of aryl methyl sites for hydroxylation is 1. The molecule has 0 heterocycles. The molecule has 114 valence electrons. The van der Waals surface area contributed by atoms with E-state index >= 15 is 0 Å². The maximum atomic E-state index is 13.7. The van der Waals surface area contributed by atoms with Crippen molar-refractivity contribution in [2.24, 2.45) is 5.41 Å². The minimum atomic E-state index is -0.188. The Hall–Kier alpha value is -0.930. The molecule has 1 aromatic rings. The molecule has 1 N–H and O–H groups in total. The van der Waals surface area contributed by atoms with Gasteiger partial charge in [0.25, 0.3) is 0 Å². The van der Waals surface area contributed by atoms with Crippen LogP contribution in [0.4, 0.5) is 4.39 Å². The molecule has 0 fully saturated rings. The van der Waals surface area contributed by atoms with Gasteiger partial charge in [0.15, 0.2) is 0 Å². The number of ether oxygens (including phenoxy) is 1. The van der Waals surface area contributed by atoms with Gasteiger partial charge in [-0.25, -0.2) is 4.39 Å². The predicted octanol–water partition coefficient (Wildman–Crippen LogP) is 4.24. The van der Waals surface area contributed by atoms with Crippen molar-refractivity contribution in [2.75, 3.05) is 13.7 Å². The van der Waals surface area contributed by atoms with Gasteiger partial charge in [0.1, 0.15) is 5.82 Å². The summed E-state index contributed by atoms with van der Waals surface area (Å²) in [6.45, 7) is 11.4. The van der Waals surface area contributed by atoms with Gasteiger partial charge in [-0.2, -0.15) is 0 Å². The molecule has 1 rings (SSSR count). The minimum absolute atomic E-state index is 0.00523. The molecule has 0 radical (unpaired) electrons. The standard InChI is InChI=1S/C17H28FNO/c1-7-8-19-15(16(20-6)17(3,4)5)13-9-12(2)10-14(18)11-13/h9-11,15-16,19H,7-8H2,1-6H3. The van der Waals surface area contributed by atoms with Crippen molar-refractivity contribution in [2.45, 2.75) is 53.2 Å². The van der Waals surface area contributed by atoms with E-state index in [-0.39, 0.29) is 23.4 Å². The predicted molar refractivity (Wildman–Crippen MR) is 82.4 cm³/mol. The van der Waals surface area contributed by atoms with Gasteiger partial charge in [0.2, 0.25) is 0 Å². The molecule has 2 nitrogen and oxygen atoms in total. The fourth-order valence-corrected chi connectivity index (χ4v) is 2.63. The first-order chi connectivity index (χ1) is 9.29. The van der Waals surface area contributed by atoms with Gasteiger partial charge in [-0.3, -0.25) is 0 Å². The second-order valence-corrected chi connectivity index (χ2v) is 6.52. The summed E-state index contributed by atoms with van der Waals surface area (Å²) >= 11 is 0. The van der Waals surface area contributed by atoms with Gasteiger partial charge in [0, 0.05) is 7.11 Å². The van der Waals surface area contributed by atoms with Crippen molar-refractivity contribution in [3.63, 3.8) is 0 Å². The molecule has 0 saturated heterocycles. The monoisotopic (exact) mass is 281 g/mol. The molecule has 0 spiro atoms. The Morgan fingerprint density at radius 1 is 1.25 bits per heavy atom. The summed E-state index contributed by atoms with van der Waals surface area (Å²) in [5.74, 6) is -0.188. The highest BCUT2D eigenvalue weighted by Gasteiger charge is 2.33. The van der Waals surface area contributed by atoms with Crippen LogP contribution in [-0.2, 0) is 4.74 Å². The fourth-order valence-electron chi connectivity index (χ4n) is 2.63. The second kappa shape index (κ2) is 7.19. The number of halogens is 1. The van der Waals surface area contributed by atoms with Crippen LogP contribution in [0.2, 0.25) is 0 Å². The largest absolute Gasteiger partial charge is 0.379 e. The molecule has 0 aliphatic rings. The Morgan fingerprint density at radius 2 is 1.90 bits per heavy atom. The first kappa shape index (κ1) is 17.1. The lowest BCUT2D eigenvalue weighted by atomic mass is 9.81. The fraction of sp³-hybridized carbons (Fsp3) is 0.647. The van der Waals surface area contributed by atoms with Crippen LogP contribution in [0, 0.1) is 18.2 Å². The molecule has 20 heavy (non-hydrogen) atoms. The van der Waals surface area contributed by atoms with Crippen molar-refractivity contribution < 1.29 is 9.13 Å². The van der Waals surface area contributed by atoms with E-state index in [0.717, 1.165) is 24.1 Å². The normalized spacial score (nSPS) is 15.2. The zero-order valence-electron chi connectivity index (χ0n) is 13.6. The van der Waals surface area contributed by atoms with Gasteiger partial charge in [-0.05, 0) is 48.6 Å². The Morgan fingerprint density at radius 3 is 2.35 bits per heavy atom. The zero-order valence-corrected chi connectivity index (χ0v) is 13.6. The Bertz CT molecular complexity index is 405. The van der Waals surface area contributed by atoms with Gasteiger partial charge in [-0.1, -0.05) is 33.8 Å². The highest BCUT2D eigenvalue weighted by atomic mass is 19.1. The lowest BCUT2D eigenvalue weighted by molar-refractivity contribution is -0.0120. The third-order valence-corrected chi connectivity index (χ3v) is 3.45. The van der Waals surface area contributed by atoms with Crippen LogP contribution in [0.25, 0.3) is 0 Å². The lowest BCUT2D eigenvalue weighted by Gasteiger charge is -2.37. The topological polar surface area (TPSA) is 21.3 Å².